The van der Waals surface area contributed by atoms with Gasteiger partial charge in [-0.3, -0.25) is 14.4 Å². The van der Waals surface area contributed by atoms with E-state index in [4.69, 9.17) is 21.1 Å². The van der Waals surface area contributed by atoms with Gasteiger partial charge in [0.25, 0.3) is 11.8 Å². The molecule has 152 valence electrons. The highest BCUT2D eigenvalue weighted by Gasteiger charge is 2.26. The number of amides is 2. The number of carbonyl (C=O) groups is 3. The number of esters is 1. The van der Waals surface area contributed by atoms with E-state index in [-0.39, 0.29) is 25.5 Å². The third kappa shape index (κ3) is 4.86. The molecule has 0 radical (unpaired) electrons. The summed E-state index contributed by atoms with van der Waals surface area (Å²) in [5.74, 6) is -0.687. The minimum Gasteiger partial charge on any atom is -0.482 e. The Bertz CT molecular complexity index is 946. The van der Waals surface area contributed by atoms with Gasteiger partial charge in [0.15, 0.2) is 12.7 Å². The molecule has 0 saturated carbocycles. The van der Waals surface area contributed by atoms with Gasteiger partial charge in [0, 0.05) is 17.3 Å². The minimum absolute atomic E-state index is 0.0477. The number of hydrogen-bond donors (Lipinski definition) is 1. The zero-order valence-electron chi connectivity index (χ0n) is 16.1. The first-order chi connectivity index (χ1) is 13.9. The maximum atomic E-state index is 12.3. The standard InChI is InChI=1S/C21H21ClN2O5/c1-13-15(22)6-5-7-16(13)23-21(27)14(2)29-20(26)10-11-24-17-8-3-4-9-18(17)28-12-19(24)25/h3-9,14H,10-12H2,1-2H3,(H,23,27)/t14-/m0/s1. The van der Waals surface area contributed by atoms with Crippen LogP contribution in [0.1, 0.15) is 18.9 Å². The molecule has 0 spiro atoms. The maximum absolute atomic E-state index is 12.3. The fraction of sp³-hybridized carbons (Fsp3) is 0.286. The van der Waals surface area contributed by atoms with Crippen LogP contribution in [-0.2, 0) is 19.1 Å². The third-order valence-corrected chi connectivity index (χ3v) is 4.96. The first-order valence-electron chi connectivity index (χ1n) is 9.14. The first kappa shape index (κ1) is 20.7. The van der Waals surface area contributed by atoms with Gasteiger partial charge in [0.2, 0.25) is 0 Å². The smallest absolute Gasteiger partial charge is 0.308 e. The Morgan fingerprint density at radius 3 is 2.79 bits per heavy atom. The summed E-state index contributed by atoms with van der Waals surface area (Å²) >= 11 is 6.05. The molecule has 1 N–H and O–H groups in total. The fourth-order valence-corrected chi connectivity index (χ4v) is 3.06. The topological polar surface area (TPSA) is 84.9 Å². The van der Waals surface area contributed by atoms with Crippen LogP contribution in [0, 0.1) is 6.92 Å². The summed E-state index contributed by atoms with van der Waals surface area (Å²) < 4.78 is 10.6. The fourth-order valence-electron chi connectivity index (χ4n) is 2.89. The molecule has 29 heavy (non-hydrogen) atoms. The van der Waals surface area contributed by atoms with Gasteiger partial charge in [-0.2, -0.15) is 0 Å². The summed E-state index contributed by atoms with van der Waals surface area (Å²) in [7, 11) is 0. The van der Waals surface area contributed by atoms with Crippen molar-refractivity contribution in [2.24, 2.45) is 0 Å². The quantitative estimate of drug-likeness (QED) is 0.730. The van der Waals surface area contributed by atoms with E-state index in [0.717, 1.165) is 5.56 Å². The third-order valence-electron chi connectivity index (χ3n) is 4.55. The molecule has 0 fully saturated rings. The van der Waals surface area contributed by atoms with Gasteiger partial charge in [-0.05, 0) is 43.7 Å². The number of halogens is 1. The molecule has 1 aliphatic heterocycles. The van der Waals surface area contributed by atoms with Crippen molar-refractivity contribution in [3.8, 4) is 5.75 Å². The van der Waals surface area contributed by atoms with Crippen LogP contribution in [0.2, 0.25) is 5.02 Å². The van der Waals surface area contributed by atoms with Crippen molar-refractivity contribution in [1.82, 2.24) is 0 Å². The lowest BCUT2D eigenvalue weighted by atomic mass is 10.2. The molecule has 8 heteroatoms. The predicted octanol–water partition coefficient (Wildman–Crippen LogP) is 3.33. The number of fused-ring (bicyclic) bond motifs is 1. The molecule has 1 atom stereocenters. The summed E-state index contributed by atoms with van der Waals surface area (Å²) in [5, 5.41) is 3.23. The van der Waals surface area contributed by atoms with E-state index < -0.39 is 18.0 Å². The summed E-state index contributed by atoms with van der Waals surface area (Å²) in [6.45, 7) is 3.33. The van der Waals surface area contributed by atoms with E-state index in [1.165, 1.54) is 11.8 Å². The molecule has 0 aromatic heterocycles. The second-order valence-electron chi connectivity index (χ2n) is 6.59. The average Bonchev–Trinajstić information content (AvgIpc) is 2.70. The highest BCUT2D eigenvalue weighted by Crippen LogP contribution is 2.31. The lowest BCUT2D eigenvalue weighted by molar-refractivity contribution is -0.153. The van der Waals surface area contributed by atoms with E-state index in [1.54, 1.807) is 43.3 Å². The van der Waals surface area contributed by atoms with Crippen LogP contribution in [0.4, 0.5) is 11.4 Å². The van der Waals surface area contributed by atoms with Crippen molar-refractivity contribution in [3.05, 3.63) is 53.1 Å². The normalized spacial score (nSPS) is 13.9. The van der Waals surface area contributed by atoms with E-state index in [2.05, 4.69) is 5.32 Å². The summed E-state index contributed by atoms with van der Waals surface area (Å²) in [6, 6.07) is 12.3. The number of para-hydroxylation sites is 2. The summed E-state index contributed by atoms with van der Waals surface area (Å²) in [5.41, 5.74) is 1.89. The molecule has 2 amide bonds. The van der Waals surface area contributed by atoms with Crippen LogP contribution in [0.5, 0.6) is 5.75 Å². The molecular weight excluding hydrogens is 396 g/mol. The highest BCUT2D eigenvalue weighted by atomic mass is 35.5. The van der Waals surface area contributed by atoms with Crippen LogP contribution in [0.3, 0.4) is 0 Å². The minimum atomic E-state index is -0.992. The molecule has 0 unspecified atom stereocenters. The second-order valence-corrected chi connectivity index (χ2v) is 6.99. The van der Waals surface area contributed by atoms with Crippen LogP contribution in [0.25, 0.3) is 0 Å². The number of nitrogens with zero attached hydrogens (tertiary/aromatic N) is 1. The van der Waals surface area contributed by atoms with Crippen molar-refractivity contribution in [2.75, 3.05) is 23.4 Å². The molecule has 2 aromatic carbocycles. The number of anilines is 2. The van der Waals surface area contributed by atoms with Crippen molar-refractivity contribution >= 4 is 40.8 Å². The Morgan fingerprint density at radius 1 is 1.24 bits per heavy atom. The van der Waals surface area contributed by atoms with Crippen LogP contribution < -0.4 is 15.0 Å². The van der Waals surface area contributed by atoms with E-state index in [1.807, 2.05) is 6.07 Å². The van der Waals surface area contributed by atoms with E-state index in [0.29, 0.717) is 22.1 Å². The van der Waals surface area contributed by atoms with Gasteiger partial charge < -0.3 is 19.7 Å². The van der Waals surface area contributed by atoms with Gasteiger partial charge in [-0.25, -0.2) is 0 Å². The van der Waals surface area contributed by atoms with Gasteiger partial charge >= 0.3 is 5.97 Å². The number of ether oxygens (including phenoxy) is 2. The van der Waals surface area contributed by atoms with Gasteiger partial charge in [0.1, 0.15) is 5.75 Å². The molecule has 2 aromatic rings. The Kier molecular flexibility index (Phi) is 6.39. The van der Waals surface area contributed by atoms with Gasteiger partial charge in [0.05, 0.1) is 12.1 Å². The SMILES string of the molecule is Cc1c(Cl)cccc1NC(=O)[C@H](C)OC(=O)CCN1C(=O)COc2ccccc21. The molecule has 0 saturated heterocycles. The average molecular weight is 417 g/mol. The molecule has 1 aliphatic rings. The maximum Gasteiger partial charge on any atom is 0.308 e. The number of rotatable bonds is 6. The van der Waals surface area contributed by atoms with Crippen molar-refractivity contribution in [2.45, 2.75) is 26.4 Å². The summed E-state index contributed by atoms with van der Waals surface area (Å²) in [6.07, 6.45) is -1.04. The Morgan fingerprint density at radius 2 is 2.00 bits per heavy atom. The molecule has 7 nitrogen and oxygen atoms in total. The van der Waals surface area contributed by atoms with Crippen LogP contribution >= 0.6 is 11.6 Å². The Labute approximate surface area is 173 Å². The molecular formula is C21H21ClN2O5. The summed E-state index contributed by atoms with van der Waals surface area (Å²) in [4.78, 5) is 38.1. The molecule has 3 rings (SSSR count). The lowest BCUT2D eigenvalue weighted by Crippen LogP contribution is -2.40. The first-order valence-corrected chi connectivity index (χ1v) is 9.52. The number of benzene rings is 2. The lowest BCUT2D eigenvalue weighted by Gasteiger charge is -2.29. The zero-order valence-corrected chi connectivity index (χ0v) is 16.9. The van der Waals surface area contributed by atoms with Crippen LogP contribution in [-0.4, -0.2) is 37.0 Å². The van der Waals surface area contributed by atoms with E-state index in [9.17, 15) is 14.4 Å². The zero-order chi connectivity index (χ0) is 21.0. The number of nitrogens with one attached hydrogen (secondary N) is 1. The molecule has 0 aliphatic carbocycles. The molecule has 1 heterocycles. The Hall–Kier alpha value is -3.06. The largest absolute Gasteiger partial charge is 0.482 e. The van der Waals surface area contributed by atoms with Gasteiger partial charge in [-0.1, -0.05) is 29.8 Å². The van der Waals surface area contributed by atoms with Crippen molar-refractivity contribution in [3.63, 3.8) is 0 Å². The number of hydrogen-bond acceptors (Lipinski definition) is 5. The Balaban J connectivity index is 1.55. The molecule has 0 bridgehead atoms. The van der Waals surface area contributed by atoms with Crippen molar-refractivity contribution < 1.29 is 23.9 Å². The number of carbonyl (C=O) groups excluding carboxylic acids is 3. The van der Waals surface area contributed by atoms with Gasteiger partial charge in [-0.15, -0.1) is 0 Å². The van der Waals surface area contributed by atoms with Crippen molar-refractivity contribution in [1.29, 1.82) is 0 Å². The van der Waals surface area contributed by atoms with Crippen LogP contribution in [0.15, 0.2) is 42.5 Å². The predicted molar refractivity (Wildman–Crippen MR) is 109 cm³/mol. The second kappa shape index (κ2) is 8.96. The van der Waals surface area contributed by atoms with E-state index >= 15 is 0 Å². The highest BCUT2D eigenvalue weighted by molar-refractivity contribution is 6.31. The monoisotopic (exact) mass is 416 g/mol.